The Bertz CT molecular complexity index is 517. The van der Waals surface area contributed by atoms with E-state index >= 15 is 0 Å². The Hall–Kier alpha value is -1.05. The third-order valence-electron chi connectivity index (χ3n) is 2.99. The molecule has 16 heavy (non-hydrogen) atoms. The molecule has 2 aromatic rings. The molecule has 0 spiro atoms. The molecule has 0 bridgehead atoms. The molecular formula is C14H15ClO. The molecule has 2 heteroatoms. The van der Waals surface area contributed by atoms with Crippen molar-refractivity contribution >= 4 is 22.4 Å². The lowest BCUT2D eigenvalue weighted by Gasteiger charge is -2.24. The summed E-state index contributed by atoms with van der Waals surface area (Å²) in [6.45, 7) is 4.18. The molecule has 0 aromatic heterocycles. The molecule has 2 rings (SSSR count). The van der Waals surface area contributed by atoms with E-state index in [2.05, 4.69) is 6.07 Å². The second-order valence-corrected chi connectivity index (χ2v) is 5.09. The SMILES string of the molecule is CC(C)(CO)c1cccc2c(Cl)cccc12. The summed E-state index contributed by atoms with van der Waals surface area (Å²) in [6, 6.07) is 11.9. The molecule has 2 aromatic carbocycles. The number of fused-ring (bicyclic) bond motifs is 1. The highest BCUT2D eigenvalue weighted by Crippen LogP contribution is 2.32. The standard InChI is InChI=1S/C14H15ClO/c1-14(2,9-16)12-7-3-6-11-10(12)5-4-8-13(11)15/h3-8,16H,9H2,1-2H3. The Morgan fingerprint density at radius 2 is 1.69 bits per heavy atom. The van der Waals surface area contributed by atoms with Gasteiger partial charge in [-0.05, 0) is 17.0 Å². The van der Waals surface area contributed by atoms with Gasteiger partial charge >= 0.3 is 0 Å². The number of benzene rings is 2. The molecule has 1 nitrogen and oxygen atoms in total. The summed E-state index contributed by atoms with van der Waals surface area (Å²) in [5.41, 5.74) is 0.888. The van der Waals surface area contributed by atoms with Gasteiger partial charge in [0.2, 0.25) is 0 Å². The van der Waals surface area contributed by atoms with Gasteiger partial charge in [-0.3, -0.25) is 0 Å². The molecule has 0 aliphatic heterocycles. The third kappa shape index (κ3) is 1.81. The van der Waals surface area contributed by atoms with Crippen molar-refractivity contribution in [1.29, 1.82) is 0 Å². The number of aliphatic hydroxyl groups excluding tert-OH is 1. The number of rotatable bonds is 2. The Labute approximate surface area is 101 Å². The Morgan fingerprint density at radius 3 is 2.38 bits per heavy atom. The molecule has 0 radical (unpaired) electrons. The molecule has 1 N–H and O–H groups in total. The van der Waals surface area contributed by atoms with Crippen LogP contribution in [0.4, 0.5) is 0 Å². The zero-order chi connectivity index (χ0) is 11.8. The maximum absolute atomic E-state index is 9.44. The molecule has 0 atom stereocenters. The highest BCUT2D eigenvalue weighted by molar-refractivity contribution is 6.35. The zero-order valence-corrected chi connectivity index (χ0v) is 10.3. The average molecular weight is 235 g/mol. The molecule has 0 aliphatic carbocycles. The molecule has 0 amide bonds. The Kier molecular flexibility index (Phi) is 2.92. The van der Waals surface area contributed by atoms with Crippen LogP contribution in [0, 0.1) is 0 Å². The number of aliphatic hydroxyl groups is 1. The van der Waals surface area contributed by atoms with Crippen molar-refractivity contribution in [1.82, 2.24) is 0 Å². The highest BCUT2D eigenvalue weighted by atomic mass is 35.5. The first-order chi connectivity index (χ1) is 7.56. The summed E-state index contributed by atoms with van der Waals surface area (Å²) in [4.78, 5) is 0. The summed E-state index contributed by atoms with van der Waals surface area (Å²) in [5, 5.41) is 12.4. The van der Waals surface area contributed by atoms with Gasteiger partial charge in [-0.2, -0.15) is 0 Å². The van der Waals surface area contributed by atoms with E-state index in [0.717, 1.165) is 21.4 Å². The van der Waals surface area contributed by atoms with Gasteiger partial charge in [0.05, 0.1) is 6.61 Å². The van der Waals surface area contributed by atoms with Crippen molar-refractivity contribution in [3.63, 3.8) is 0 Å². The minimum absolute atomic E-state index is 0.124. The first-order valence-corrected chi connectivity index (χ1v) is 5.72. The summed E-state index contributed by atoms with van der Waals surface area (Å²) in [6.07, 6.45) is 0. The monoisotopic (exact) mass is 234 g/mol. The van der Waals surface area contributed by atoms with Gasteiger partial charge < -0.3 is 5.11 Å². The van der Waals surface area contributed by atoms with Gasteiger partial charge in [0.1, 0.15) is 0 Å². The van der Waals surface area contributed by atoms with Crippen LogP contribution in [0.1, 0.15) is 19.4 Å². The molecule has 0 aliphatic rings. The maximum atomic E-state index is 9.44. The van der Waals surface area contributed by atoms with Gasteiger partial charge in [-0.1, -0.05) is 55.8 Å². The van der Waals surface area contributed by atoms with Gasteiger partial charge in [0.15, 0.2) is 0 Å². The van der Waals surface area contributed by atoms with Crippen LogP contribution < -0.4 is 0 Å². The summed E-state index contributed by atoms with van der Waals surface area (Å²) in [5.74, 6) is 0. The molecule has 0 heterocycles. The minimum atomic E-state index is -0.246. The fraction of sp³-hybridized carbons (Fsp3) is 0.286. The molecule has 0 fully saturated rings. The van der Waals surface area contributed by atoms with E-state index in [1.807, 2.05) is 44.2 Å². The van der Waals surface area contributed by atoms with Crippen LogP contribution in [0.5, 0.6) is 0 Å². The second kappa shape index (κ2) is 4.08. The summed E-state index contributed by atoms with van der Waals surface area (Å²) >= 11 is 6.16. The lowest BCUT2D eigenvalue weighted by atomic mass is 9.82. The summed E-state index contributed by atoms with van der Waals surface area (Å²) in [7, 11) is 0. The second-order valence-electron chi connectivity index (χ2n) is 4.68. The predicted molar refractivity (Wildman–Crippen MR) is 69.1 cm³/mol. The molecule has 0 saturated heterocycles. The van der Waals surface area contributed by atoms with Crippen molar-refractivity contribution in [2.75, 3.05) is 6.61 Å². The predicted octanol–water partition coefficient (Wildman–Crippen LogP) is 3.76. The minimum Gasteiger partial charge on any atom is -0.395 e. The van der Waals surface area contributed by atoms with Crippen LogP contribution in [0.25, 0.3) is 10.8 Å². The van der Waals surface area contributed by atoms with E-state index < -0.39 is 0 Å². The van der Waals surface area contributed by atoms with Gasteiger partial charge in [0.25, 0.3) is 0 Å². The zero-order valence-electron chi connectivity index (χ0n) is 9.50. The third-order valence-corrected chi connectivity index (χ3v) is 3.32. The van der Waals surface area contributed by atoms with Crippen LogP contribution in [-0.2, 0) is 5.41 Å². The lowest BCUT2D eigenvalue weighted by molar-refractivity contribution is 0.219. The van der Waals surface area contributed by atoms with Crippen molar-refractivity contribution in [3.05, 3.63) is 47.0 Å². The van der Waals surface area contributed by atoms with Gasteiger partial charge in [-0.15, -0.1) is 0 Å². The number of hydrogen-bond donors (Lipinski definition) is 1. The topological polar surface area (TPSA) is 20.2 Å². The van der Waals surface area contributed by atoms with Gasteiger partial charge in [-0.25, -0.2) is 0 Å². The number of hydrogen-bond acceptors (Lipinski definition) is 1. The van der Waals surface area contributed by atoms with Crippen LogP contribution >= 0.6 is 11.6 Å². The Balaban J connectivity index is 2.77. The quantitative estimate of drug-likeness (QED) is 0.839. The first kappa shape index (κ1) is 11.4. The van der Waals surface area contributed by atoms with E-state index in [-0.39, 0.29) is 12.0 Å². The molecule has 0 unspecified atom stereocenters. The van der Waals surface area contributed by atoms with Gasteiger partial charge in [0, 0.05) is 15.8 Å². The van der Waals surface area contributed by atoms with Crippen molar-refractivity contribution in [3.8, 4) is 0 Å². The van der Waals surface area contributed by atoms with Crippen LogP contribution in [0.2, 0.25) is 5.02 Å². The van der Waals surface area contributed by atoms with Crippen LogP contribution in [0.15, 0.2) is 36.4 Å². The van der Waals surface area contributed by atoms with E-state index in [0.29, 0.717) is 0 Å². The van der Waals surface area contributed by atoms with Crippen LogP contribution in [0.3, 0.4) is 0 Å². The fourth-order valence-corrected chi connectivity index (χ4v) is 2.18. The molecular weight excluding hydrogens is 220 g/mol. The van der Waals surface area contributed by atoms with Crippen molar-refractivity contribution in [2.45, 2.75) is 19.3 Å². The normalized spacial score (nSPS) is 12.0. The largest absolute Gasteiger partial charge is 0.395 e. The smallest absolute Gasteiger partial charge is 0.0522 e. The van der Waals surface area contributed by atoms with Crippen molar-refractivity contribution < 1.29 is 5.11 Å². The molecule has 0 saturated carbocycles. The average Bonchev–Trinajstić information content (AvgIpc) is 2.29. The maximum Gasteiger partial charge on any atom is 0.0522 e. The first-order valence-electron chi connectivity index (χ1n) is 5.35. The number of halogens is 1. The molecule has 84 valence electrons. The summed E-state index contributed by atoms with van der Waals surface area (Å²) < 4.78 is 0. The van der Waals surface area contributed by atoms with E-state index in [4.69, 9.17) is 11.6 Å². The van der Waals surface area contributed by atoms with E-state index in [1.54, 1.807) is 0 Å². The Morgan fingerprint density at radius 1 is 1.06 bits per heavy atom. The van der Waals surface area contributed by atoms with Crippen LogP contribution in [-0.4, -0.2) is 11.7 Å². The fourth-order valence-electron chi connectivity index (χ4n) is 1.95. The van der Waals surface area contributed by atoms with E-state index in [1.165, 1.54) is 0 Å². The van der Waals surface area contributed by atoms with Crippen molar-refractivity contribution in [2.24, 2.45) is 0 Å². The van der Waals surface area contributed by atoms with E-state index in [9.17, 15) is 5.11 Å². The lowest BCUT2D eigenvalue weighted by Crippen LogP contribution is -2.22. The highest BCUT2D eigenvalue weighted by Gasteiger charge is 2.21.